The molecule has 1 aromatic carbocycles. The van der Waals surface area contributed by atoms with Gasteiger partial charge in [0.25, 0.3) is 0 Å². The highest BCUT2D eigenvalue weighted by Gasteiger charge is 2.22. The van der Waals surface area contributed by atoms with Crippen LogP contribution in [0.2, 0.25) is 0 Å². The number of hydrogen-bond acceptors (Lipinski definition) is 3. The van der Waals surface area contributed by atoms with E-state index in [1.807, 2.05) is 13.0 Å². The van der Waals surface area contributed by atoms with Crippen molar-refractivity contribution in [3.05, 3.63) is 47.3 Å². The molecular weight excluding hydrogens is 324 g/mol. The van der Waals surface area contributed by atoms with Crippen molar-refractivity contribution < 1.29 is 4.39 Å². The molecule has 1 fully saturated rings. The molecule has 1 aromatic rings. The van der Waals surface area contributed by atoms with E-state index in [1.165, 1.54) is 6.07 Å². The smallest absolute Gasteiger partial charge is 0.140 e. The number of benzene rings is 1. The van der Waals surface area contributed by atoms with E-state index in [1.54, 1.807) is 12.1 Å². The average molecular weight is 346 g/mol. The molecule has 0 bridgehead atoms. The van der Waals surface area contributed by atoms with E-state index >= 15 is 0 Å². The Morgan fingerprint density at radius 3 is 2.59 bits per heavy atom. The van der Waals surface area contributed by atoms with Crippen LogP contribution in [0.25, 0.3) is 0 Å². The van der Waals surface area contributed by atoms with Gasteiger partial charge in [-0.1, -0.05) is 11.6 Å². The van der Waals surface area contributed by atoms with Crippen LogP contribution in [0.1, 0.15) is 30.5 Å². The Kier molecular flexibility index (Phi) is 9.31. The Morgan fingerprint density at radius 2 is 2.05 bits per heavy atom. The molecule has 0 radical (unpaired) electrons. The quantitative estimate of drug-likeness (QED) is 0.849. The van der Waals surface area contributed by atoms with Gasteiger partial charge in [0.1, 0.15) is 11.9 Å². The number of rotatable bonds is 4. The van der Waals surface area contributed by atoms with Crippen LogP contribution < -0.4 is 5.32 Å². The second kappa shape index (κ2) is 9.81. The van der Waals surface area contributed by atoms with Crippen LogP contribution in [0.4, 0.5) is 4.39 Å². The molecule has 0 aliphatic carbocycles. The number of piperazine rings is 1. The van der Waals surface area contributed by atoms with Crippen molar-refractivity contribution in [2.75, 3.05) is 26.2 Å². The Hall–Kier alpha value is -1.12. The van der Waals surface area contributed by atoms with Crippen molar-refractivity contribution >= 4 is 24.8 Å². The Balaban J connectivity index is 0.00000220. The predicted octanol–water partition coefficient (Wildman–Crippen LogP) is 3.45. The molecule has 0 aromatic heterocycles. The molecule has 0 spiro atoms. The van der Waals surface area contributed by atoms with Gasteiger partial charge in [0.05, 0.1) is 5.56 Å². The third-order valence-corrected chi connectivity index (χ3v) is 3.63. The highest BCUT2D eigenvalue weighted by molar-refractivity contribution is 5.85. The third kappa shape index (κ3) is 5.26. The molecule has 1 aliphatic heterocycles. The van der Waals surface area contributed by atoms with Gasteiger partial charge in [0.2, 0.25) is 0 Å². The molecule has 1 heterocycles. The van der Waals surface area contributed by atoms with Crippen LogP contribution in [0.15, 0.2) is 30.4 Å². The molecule has 2 rings (SSSR count). The summed E-state index contributed by atoms with van der Waals surface area (Å²) in [5.41, 5.74) is 2.20. The monoisotopic (exact) mass is 345 g/mol. The van der Waals surface area contributed by atoms with Crippen LogP contribution in [0.5, 0.6) is 0 Å². The van der Waals surface area contributed by atoms with Gasteiger partial charge in [-0.2, -0.15) is 5.26 Å². The zero-order chi connectivity index (χ0) is 14.5. The van der Waals surface area contributed by atoms with Crippen molar-refractivity contribution in [1.82, 2.24) is 10.2 Å². The van der Waals surface area contributed by atoms with Crippen LogP contribution >= 0.6 is 24.8 Å². The SMILES string of the molecule is C=C(C)C[C@H](c1ccc(F)c(C#N)c1)N1CCNCC1.Cl.Cl. The lowest BCUT2D eigenvalue weighted by molar-refractivity contribution is 0.172. The first-order valence-electron chi connectivity index (χ1n) is 6.90. The highest BCUT2D eigenvalue weighted by Crippen LogP contribution is 2.28. The van der Waals surface area contributed by atoms with Crippen LogP contribution in [-0.4, -0.2) is 31.1 Å². The van der Waals surface area contributed by atoms with Crippen LogP contribution in [0.3, 0.4) is 0 Å². The molecule has 1 aliphatic rings. The zero-order valence-electron chi connectivity index (χ0n) is 12.6. The molecule has 122 valence electrons. The van der Waals surface area contributed by atoms with Gasteiger partial charge < -0.3 is 5.32 Å². The molecule has 6 heteroatoms. The maximum Gasteiger partial charge on any atom is 0.140 e. The van der Waals surface area contributed by atoms with Gasteiger partial charge in [0.15, 0.2) is 0 Å². The van der Waals surface area contributed by atoms with Gasteiger partial charge in [-0.25, -0.2) is 4.39 Å². The van der Waals surface area contributed by atoms with E-state index in [4.69, 9.17) is 5.26 Å². The molecule has 0 amide bonds. The van der Waals surface area contributed by atoms with E-state index in [0.29, 0.717) is 0 Å². The molecule has 0 unspecified atom stereocenters. The second-order valence-electron chi connectivity index (χ2n) is 5.31. The summed E-state index contributed by atoms with van der Waals surface area (Å²) in [5.74, 6) is -0.453. The van der Waals surface area contributed by atoms with E-state index in [2.05, 4.69) is 16.8 Å². The normalized spacial score (nSPS) is 15.9. The minimum atomic E-state index is -0.453. The molecule has 1 atom stereocenters. The minimum Gasteiger partial charge on any atom is -0.314 e. The zero-order valence-corrected chi connectivity index (χ0v) is 14.3. The van der Waals surface area contributed by atoms with E-state index in [0.717, 1.165) is 43.7 Å². The summed E-state index contributed by atoms with van der Waals surface area (Å²) >= 11 is 0. The second-order valence-corrected chi connectivity index (χ2v) is 5.31. The summed E-state index contributed by atoms with van der Waals surface area (Å²) in [7, 11) is 0. The van der Waals surface area contributed by atoms with Gasteiger partial charge in [-0.15, -0.1) is 31.4 Å². The van der Waals surface area contributed by atoms with Crippen molar-refractivity contribution in [2.45, 2.75) is 19.4 Å². The van der Waals surface area contributed by atoms with Crippen molar-refractivity contribution in [3.63, 3.8) is 0 Å². The Bertz CT molecular complexity index is 537. The number of nitrogens with zero attached hydrogens (tertiary/aromatic N) is 2. The fourth-order valence-electron chi connectivity index (χ4n) is 2.62. The maximum atomic E-state index is 13.5. The number of hydrogen-bond donors (Lipinski definition) is 1. The van der Waals surface area contributed by atoms with E-state index < -0.39 is 5.82 Å². The van der Waals surface area contributed by atoms with E-state index in [-0.39, 0.29) is 36.4 Å². The maximum absolute atomic E-state index is 13.5. The largest absolute Gasteiger partial charge is 0.314 e. The van der Waals surface area contributed by atoms with Gasteiger partial charge in [0, 0.05) is 32.2 Å². The lowest BCUT2D eigenvalue weighted by Crippen LogP contribution is -2.45. The highest BCUT2D eigenvalue weighted by atomic mass is 35.5. The van der Waals surface area contributed by atoms with Crippen molar-refractivity contribution in [1.29, 1.82) is 5.26 Å². The fourth-order valence-corrected chi connectivity index (χ4v) is 2.62. The summed E-state index contributed by atoms with van der Waals surface area (Å²) in [6, 6.07) is 6.93. The van der Waals surface area contributed by atoms with Crippen molar-refractivity contribution in [2.24, 2.45) is 0 Å². The van der Waals surface area contributed by atoms with E-state index in [9.17, 15) is 4.39 Å². The van der Waals surface area contributed by atoms with Crippen LogP contribution in [-0.2, 0) is 0 Å². The van der Waals surface area contributed by atoms with Crippen LogP contribution in [0, 0.1) is 17.1 Å². The number of nitrogens with one attached hydrogen (secondary N) is 1. The number of nitriles is 1. The first kappa shape index (κ1) is 20.9. The molecular formula is C16H22Cl2FN3. The lowest BCUT2D eigenvalue weighted by Gasteiger charge is -2.35. The standard InChI is InChI=1S/C16H20FN3.2ClH/c1-12(2)9-16(20-7-5-19-6-8-20)13-3-4-15(17)14(10-13)11-18;;/h3-4,10,16,19H,1,5-9H2,2H3;2*1H/t16-;;/m1../s1. The molecule has 3 nitrogen and oxygen atoms in total. The molecule has 0 saturated carbocycles. The summed E-state index contributed by atoms with van der Waals surface area (Å²) < 4.78 is 13.5. The minimum absolute atomic E-state index is 0. The average Bonchev–Trinajstić information content (AvgIpc) is 2.46. The first-order valence-corrected chi connectivity index (χ1v) is 6.90. The number of halogens is 3. The topological polar surface area (TPSA) is 39.1 Å². The Morgan fingerprint density at radius 1 is 1.41 bits per heavy atom. The van der Waals surface area contributed by atoms with Gasteiger partial charge in [-0.05, 0) is 31.0 Å². The van der Waals surface area contributed by atoms with Gasteiger partial charge >= 0.3 is 0 Å². The van der Waals surface area contributed by atoms with Crippen molar-refractivity contribution in [3.8, 4) is 6.07 Å². The summed E-state index contributed by atoms with van der Waals surface area (Å²) in [4.78, 5) is 2.37. The molecule has 1 saturated heterocycles. The summed E-state index contributed by atoms with van der Waals surface area (Å²) in [6.45, 7) is 9.82. The molecule has 22 heavy (non-hydrogen) atoms. The Labute approximate surface area is 144 Å². The molecule has 1 N–H and O–H groups in total. The predicted molar refractivity (Wildman–Crippen MR) is 92.2 cm³/mol. The lowest BCUT2D eigenvalue weighted by atomic mass is 9.96. The first-order chi connectivity index (χ1) is 9.61. The third-order valence-electron chi connectivity index (χ3n) is 3.63. The van der Waals surface area contributed by atoms with Gasteiger partial charge in [-0.3, -0.25) is 4.90 Å². The fraction of sp³-hybridized carbons (Fsp3) is 0.438. The summed E-state index contributed by atoms with van der Waals surface area (Å²) in [5, 5.41) is 12.3. The summed E-state index contributed by atoms with van der Waals surface area (Å²) in [6.07, 6.45) is 0.830.